The van der Waals surface area contributed by atoms with Crippen LogP contribution in [0.25, 0.3) is 10.1 Å². The number of nitrogens with one attached hydrogen (secondary N) is 1. The van der Waals surface area contributed by atoms with Crippen molar-refractivity contribution in [1.82, 2.24) is 5.32 Å². The minimum Gasteiger partial charge on any atom is -0.395 e. The quantitative estimate of drug-likeness (QED) is 0.245. The van der Waals surface area contributed by atoms with Gasteiger partial charge in [-0.3, -0.25) is 9.59 Å². The standard InChI is InChI=1S/C28H39NO5S/c1-28(2)26(33)22(10-5-3-4-6-12-25(32)29-15-16-30)23(27(28)34)14-13-20(31)18-21-17-19-9-7-8-11-24(19)35-21/h3,5,7-9,11,17,20,22-23,27,30-31,34H,4,6,10,12-16,18H2,1-2H3,(H,29,32)/b5-3-/t20?,22-,23-,27+/m1/s1. The van der Waals surface area contributed by atoms with Crippen LogP contribution < -0.4 is 5.32 Å². The average Bonchev–Trinajstić information content (AvgIpc) is 3.30. The maximum atomic E-state index is 13.1. The minimum atomic E-state index is -0.787. The van der Waals surface area contributed by atoms with Crippen LogP contribution in [0.15, 0.2) is 42.5 Å². The van der Waals surface area contributed by atoms with Gasteiger partial charge >= 0.3 is 0 Å². The molecule has 0 aliphatic heterocycles. The third kappa shape index (κ3) is 7.23. The smallest absolute Gasteiger partial charge is 0.220 e. The zero-order valence-corrected chi connectivity index (χ0v) is 21.6. The molecular formula is C28H39NO5S. The molecule has 1 saturated carbocycles. The van der Waals surface area contributed by atoms with Crippen molar-refractivity contribution < 1.29 is 24.9 Å². The molecule has 1 aliphatic carbocycles. The lowest BCUT2D eigenvalue weighted by Crippen LogP contribution is -2.32. The second kappa shape index (κ2) is 12.8. The largest absolute Gasteiger partial charge is 0.395 e. The third-order valence-corrected chi connectivity index (χ3v) is 8.28. The third-order valence-electron chi connectivity index (χ3n) is 7.15. The lowest BCUT2D eigenvalue weighted by molar-refractivity contribution is -0.129. The van der Waals surface area contributed by atoms with Gasteiger partial charge in [0, 0.05) is 40.3 Å². The monoisotopic (exact) mass is 501 g/mol. The van der Waals surface area contributed by atoms with Crippen molar-refractivity contribution in [1.29, 1.82) is 0 Å². The minimum absolute atomic E-state index is 0.0630. The molecule has 1 aliphatic rings. The van der Waals surface area contributed by atoms with Crippen LogP contribution in [-0.4, -0.2) is 52.4 Å². The summed E-state index contributed by atoms with van der Waals surface area (Å²) in [5.41, 5.74) is -0.787. The van der Waals surface area contributed by atoms with Crippen LogP contribution in [0.3, 0.4) is 0 Å². The van der Waals surface area contributed by atoms with Crippen LogP contribution in [0.5, 0.6) is 0 Å². The Morgan fingerprint density at radius 1 is 1.26 bits per heavy atom. The molecule has 7 heteroatoms. The molecule has 1 heterocycles. The van der Waals surface area contributed by atoms with Gasteiger partial charge in [-0.05, 0) is 55.5 Å². The summed E-state index contributed by atoms with van der Waals surface area (Å²) >= 11 is 1.70. The fourth-order valence-electron chi connectivity index (χ4n) is 5.10. The van der Waals surface area contributed by atoms with Gasteiger partial charge in [-0.1, -0.05) is 44.2 Å². The van der Waals surface area contributed by atoms with Gasteiger partial charge in [-0.15, -0.1) is 11.3 Å². The molecule has 1 amide bonds. The first-order chi connectivity index (χ1) is 16.7. The predicted octanol–water partition coefficient (Wildman–Crippen LogP) is 4.01. The van der Waals surface area contributed by atoms with Crippen LogP contribution >= 0.6 is 11.3 Å². The van der Waals surface area contributed by atoms with Crippen molar-refractivity contribution in [2.45, 2.75) is 71.0 Å². The SMILES string of the molecule is CC1(C)C(=O)[C@H](C/C=C\CCCC(=O)NCCO)[C@@H](CCC(O)Cc2cc3ccccc3s2)[C@@H]1O. The number of Topliss-reactive ketones (excluding diaryl/α,β-unsaturated/α-hetero) is 1. The number of carbonyl (C=O) groups is 2. The van der Waals surface area contributed by atoms with Crippen molar-refractivity contribution in [3.05, 3.63) is 47.4 Å². The molecule has 1 fully saturated rings. The summed E-state index contributed by atoms with van der Waals surface area (Å²) < 4.78 is 1.21. The van der Waals surface area contributed by atoms with Gasteiger partial charge in [0.15, 0.2) is 0 Å². The van der Waals surface area contributed by atoms with E-state index < -0.39 is 17.6 Å². The van der Waals surface area contributed by atoms with Crippen molar-refractivity contribution in [2.75, 3.05) is 13.2 Å². The topological polar surface area (TPSA) is 107 Å². The van der Waals surface area contributed by atoms with Gasteiger partial charge in [-0.25, -0.2) is 0 Å². The van der Waals surface area contributed by atoms with Gasteiger partial charge in [-0.2, -0.15) is 0 Å². The Morgan fingerprint density at radius 3 is 2.77 bits per heavy atom. The Hall–Kier alpha value is -2.06. The molecule has 4 N–H and O–H groups in total. The summed E-state index contributed by atoms with van der Waals surface area (Å²) in [6.45, 7) is 3.84. The van der Waals surface area contributed by atoms with Crippen LogP contribution in [0.4, 0.5) is 0 Å². The molecule has 4 atom stereocenters. The Morgan fingerprint density at radius 2 is 2.03 bits per heavy atom. The second-order valence-electron chi connectivity index (χ2n) is 10.2. The number of benzene rings is 1. The molecule has 1 aromatic heterocycles. The van der Waals surface area contributed by atoms with Gasteiger partial charge in [0.05, 0.1) is 18.8 Å². The number of fused-ring (bicyclic) bond motifs is 1. The van der Waals surface area contributed by atoms with Crippen molar-refractivity contribution in [3.8, 4) is 0 Å². The van der Waals surface area contributed by atoms with Crippen LogP contribution in [0.1, 0.15) is 57.2 Å². The van der Waals surface area contributed by atoms with E-state index in [-0.39, 0.29) is 36.7 Å². The zero-order valence-electron chi connectivity index (χ0n) is 20.8. The summed E-state index contributed by atoms with van der Waals surface area (Å²) in [6.07, 6.45) is 6.88. The van der Waals surface area contributed by atoms with Crippen molar-refractivity contribution in [3.63, 3.8) is 0 Å². The first-order valence-corrected chi connectivity index (χ1v) is 13.5. The molecule has 6 nitrogen and oxygen atoms in total. The number of hydrogen-bond acceptors (Lipinski definition) is 6. The number of thiophene rings is 1. The zero-order chi connectivity index (χ0) is 25.4. The van der Waals surface area contributed by atoms with Crippen LogP contribution in [-0.2, 0) is 16.0 Å². The van der Waals surface area contributed by atoms with Gasteiger partial charge < -0.3 is 20.6 Å². The lowest BCUT2D eigenvalue weighted by atomic mass is 9.85. The molecule has 0 saturated heterocycles. The molecular weight excluding hydrogens is 462 g/mol. The summed E-state index contributed by atoms with van der Waals surface area (Å²) in [7, 11) is 0. The summed E-state index contributed by atoms with van der Waals surface area (Å²) in [5, 5.41) is 34.2. The highest BCUT2D eigenvalue weighted by molar-refractivity contribution is 7.19. The number of hydrogen-bond donors (Lipinski definition) is 4. The molecule has 192 valence electrons. The normalized spacial score (nSPS) is 22.8. The number of carbonyl (C=O) groups excluding carboxylic acids is 2. The van der Waals surface area contributed by atoms with E-state index in [0.29, 0.717) is 38.5 Å². The van der Waals surface area contributed by atoms with Crippen molar-refractivity contribution in [2.24, 2.45) is 17.3 Å². The number of amides is 1. The number of rotatable bonds is 13. The fourth-order valence-corrected chi connectivity index (χ4v) is 6.23. The molecule has 1 unspecified atom stereocenters. The van der Waals surface area contributed by atoms with E-state index in [2.05, 4.69) is 23.5 Å². The molecule has 0 radical (unpaired) electrons. The number of allylic oxidation sites excluding steroid dienone is 2. The maximum Gasteiger partial charge on any atom is 0.220 e. The van der Waals surface area contributed by atoms with E-state index in [9.17, 15) is 19.8 Å². The van der Waals surface area contributed by atoms with E-state index in [4.69, 9.17) is 5.11 Å². The fraction of sp³-hybridized carbons (Fsp3) is 0.571. The van der Waals surface area contributed by atoms with Gasteiger partial charge in [0.1, 0.15) is 5.78 Å². The molecule has 0 bridgehead atoms. The molecule has 35 heavy (non-hydrogen) atoms. The average molecular weight is 502 g/mol. The Bertz CT molecular complexity index is 981. The highest BCUT2D eigenvalue weighted by Gasteiger charge is 2.53. The lowest BCUT2D eigenvalue weighted by Gasteiger charge is -2.25. The predicted molar refractivity (Wildman–Crippen MR) is 140 cm³/mol. The number of ketones is 1. The van der Waals surface area contributed by atoms with E-state index >= 15 is 0 Å². The van der Waals surface area contributed by atoms with Crippen LogP contribution in [0, 0.1) is 17.3 Å². The van der Waals surface area contributed by atoms with Crippen LogP contribution in [0.2, 0.25) is 0 Å². The highest BCUT2D eigenvalue weighted by atomic mass is 32.1. The van der Waals surface area contributed by atoms with E-state index in [1.807, 2.05) is 38.1 Å². The second-order valence-corrected chi connectivity index (χ2v) is 11.3. The Kier molecular flexibility index (Phi) is 10.0. The van der Waals surface area contributed by atoms with Gasteiger partial charge in [0.25, 0.3) is 0 Å². The summed E-state index contributed by atoms with van der Waals surface area (Å²) in [4.78, 5) is 25.8. The summed E-state index contributed by atoms with van der Waals surface area (Å²) in [5.74, 6) is -0.427. The summed E-state index contributed by atoms with van der Waals surface area (Å²) in [6, 6.07) is 10.3. The first kappa shape index (κ1) is 27.5. The van der Waals surface area contributed by atoms with Gasteiger partial charge in [0.2, 0.25) is 5.91 Å². The van der Waals surface area contributed by atoms with E-state index in [1.165, 1.54) is 10.1 Å². The molecule has 0 spiro atoms. The van der Waals surface area contributed by atoms with E-state index in [1.54, 1.807) is 11.3 Å². The number of aliphatic hydroxyl groups excluding tert-OH is 3. The molecule has 3 rings (SSSR count). The molecule has 1 aromatic carbocycles. The van der Waals surface area contributed by atoms with E-state index in [0.717, 1.165) is 11.3 Å². The van der Waals surface area contributed by atoms with Crippen molar-refractivity contribution >= 4 is 33.1 Å². The maximum absolute atomic E-state index is 13.1. The molecule has 2 aromatic rings. The highest BCUT2D eigenvalue weighted by Crippen LogP contribution is 2.46. The Balaban J connectivity index is 1.50. The number of aliphatic hydroxyl groups is 3. The Labute approximate surface area is 212 Å². The number of unbranched alkanes of at least 4 members (excludes halogenated alkanes) is 1. The first-order valence-electron chi connectivity index (χ1n) is 12.6.